The maximum absolute atomic E-state index is 5.06. The number of likely N-dealkylation sites (N-methyl/N-ethyl adjacent to an activating group) is 1. The Hall–Kier alpha value is -2.01. The lowest BCUT2D eigenvalue weighted by Crippen LogP contribution is -2.27. The number of aryl methyl sites for hydroxylation is 2. The SMILES string of the molecule is CCN(CC)CCn1c2ccccc2n2cc(-c3cc(C)ccc3C)nc12.Cl.Cl. The third-order valence-corrected chi connectivity index (χ3v) is 5.56. The van der Waals surface area contributed by atoms with Crippen molar-refractivity contribution in [3.05, 3.63) is 59.8 Å². The van der Waals surface area contributed by atoms with Gasteiger partial charge in [-0.3, -0.25) is 4.40 Å². The number of fused-ring (bicyclic) bond motifs is 3. The standard InChI is InChI=1S/C23H28N4.2ClH/c1-5-25(6-2)13-14-26-21-9-7-8-10-22(21)27-16-20(24-23(26)27)19-15-17(3)11-12-18(19)4;;/h7-12,15-16H,5-6,13-14H2,1-4H3;2*1H. The molecule has 0 aliphatic carbocycles. The molecule has 0 radical (unpaired) electrons. The number of nitrogens with zero attached hydrogens (tertiary/aromatic N) is 4. The van der Waals surface area contributed by atoms with Crippen LogP contribution in [0.2, 0.25) is 0 Å². The largest absolute Gasteiger partial charge is 0.308 e. The molecule has 0 unspecified atom stereocenters. The van der Waals surface area contributed by atoms with E-state index >= 15 is 0 Å². The van der Waals surface area contributed by atoms with E-state index in [1.165, 1.54) is 27.7 Å². The highest BCUT2D eigenvalue weighted by Crippen LogP contribution is 2.28. The van der Waals surface area contributed by atoms with E-state index in [0.29, 0.717) is 0 Å². The van der Waals surface area contributed by atoms with Crippen LogP contribution in [0.1, 0.15) is 25.0 Å². The van der Waals surface area contributed by atoms with Crippen LogP contribution in [0.3, 0.4) is 0 Å². The van der Waals surface area contributed by atoms with Gasteiger partial charge in [0.25, 0.3) is 0 Å². The van der Waals surface area contributed by atoms with Crippen LogP contribution in [0.15, 0.2) is 48.7 Å². The number of para-hydroxylation sites is 2. The van der Waals surface area contributed by atoms with Gasteiger partial charge in [-0.25, -0.2) is 4.98 Å². The summed E-state index contributed by atoms with van der Waals surface area (Å²) in [6.07, 6.45) is 2.19. The van der Waals surface area contributed by atoms with Crippen molar-refractivity contribution in [2.24, 2.45) is 0 Å². The Morgan fingerprint density at radius 2 is 1.62 bits per heavy atom. The van der Waals surface area contributed by atoms with Crippen molar-refractivity contribution in [2.45, 2.75) is 34.2 Å². The van der Waals surface area contributed by atoms with Gasteiger partial charge in [0.1, 0.15) is 0 Å². The summed E-state index contributed by atoms with van der Waals surface area (Å²) in [5.74, 6) is 1.03. The molecule has 0 saturated heterocycles. The molecule has 6 heteroatoms. The van der Waals surface area contributed by atoms with E-state index in [1.807, 2.05) is 0 Å². The lowest BCUT2D eigenvalue weighted by atomic mass is 10.0. The molecular formula is C23H30Cl2N4. The van der Waals surface area contributed by atoms with Crippen molar-refractivity contribution in [1.29, 1.82) is 0 Å². The number of halogens is 2. The van der Waals surface area contributed by atoms with Gasteiger partial charge >= 0.3 is 0 Å². The fourth-order valence-corrected chi connectivity index (χ4v) is 3.89. The van der Waals surface area contributed by atoms with Gasteiger partial charge in [0, 0.05) is 24.8 Å². The Morgan fingerprint density at radius 3 is 2.31 bits per heavy atom. The average Bonchev–Trinajstić information content (AvgIpc) is 3.23. The summed E-state index contributed by atoms with van der Waals surface area (Å²) in [5, 5.41) is 0. The topological polar surface area (TPSA) is 25.5 Å². The highest BCUT2D eigenvalue weighted by molar-refractivity contribution is 5.85. The molecular weight excluding hydrogens is 403 g/mol. The Balaban J connectivity index is 0.00000150. The number of hydrogen-bond donors (Lipinski definition) is 0. The Kier molecular flexibility index (Phi) is 7.75. The van der Waals surface area contributed by atoms with Crippen molar-refractivity contribution < 1.29 is 0 Å². The lowest BCUT2D eigenvalue weighted by Gasteiger charge is -2.18. The molecule has 0 aliphatic rings. The third-order valence-electron chi connectivity index (χ3n) is 5.56. The van der Waals surface area contributed by atoms with Crippen molar-refractivity contribution in [3.8, 4) is 11.3 Å². The van der Waals surface area contributed by atoms with Crippen LogP contribution < -0.4 is 0 Å². The predicted octanol–water partition coefficient (Wildman–Crippen LogP) is 5.76. The molecule has 0 atom stereocenters. The summed E-state index contributed by atoms with van der Waals surface area (Å²) in [6.45, 7) is 12.9. The lowest BCUT2D eigenvalue weighted by molar-refractivity contribution is 0.293. The molecule has 0 spiro atoms. The summed E-state index contributed by atoms with van der Waals surface area (Å²) in [5.41, 5.74) is 7.27. The molecule has 0 aliphatic heterocycles. The Morgan fingerprint density at radius 1 is 0.931 bits per heavy atom. The van der Waals surface area contributed by atoms with Crippen LogP contribution >= 0.6 is 24.8 Å². The zero-order valence-corrected chi connectivity index (χ0v) is 19.2. The van der Waals surface area contributed by atoms with Crippen molar-refractivity contribution >= 4 is 41.6 Å². The summed E-state index contributed by atoms with van der Waals surface area (Å²) in [4.78, 5) is 7.52. The van der Waals surface area contributed by atoms with Crippen LogP contribution in [-0.4, -0.2) is 38.5 Å². The van der Waals surface area contributed by atoms with E-state index in [1.54, 1.807) is 0 Å². The molecule has 4 nitrogen and oxygen atoms in total. The van der Waals surface area contributed by atoms with Gasteiger partial charge in [0.2, 0.25) is 5.78 Å². The van der Waals surface area contributed by atoms with Gasteiger partial charge in [-0.2, -0.15) is 0 Å². The van der Waals surface area contributed by atoms with Crippen LogP contribution in [0.4, 0.5) is 0 Å². The van der Waals surface area contributed by atoms with E-state index < -0.39 is 0 Å². The van der Waals surface area contributed by atoms with Crippen LogP contribution in [-0.2, 0) is 6.54 Å². The number of hydrogen-bond acceptors (Lipinski definition) is 2. The molecule has 4 rings (SSSR count). The van der Waals surface area contributed by atoms with Gasteiger partial charge < -0.3 is 9.47 Å². The first-order valence-electron chi connectivity index (χ1n) is 9.88. The number of imidazole rings is 2. The van der Waals surface area contributed by atoms with Crippen molar-refractivity contribution in [3.63, 3.8) is 0 Å². The quantitative estimate of drug-likeness (QED) is 0.386. The van der Waals surface area contributed by atoms with E-state index in [2.05, 4.69) is 90.2 Å². The minimum absolute atomic E-state index is 0. The maximum Gasteiger partial charge on any atom is 0.215 e. The van der Waals surface area contributed by atoms with Crippen molar-refractivity contribution in [2.75, 3.05) is 19.6 Å². The Labute approximate surface area is 185 Å². The molecule has 0 saturated carbocycles. The van der Waals surface area contributed by atoms with Gasteiger partial charge in [0.05, 0.1) is 16.7 Å². The van der Waals surface area contributed by atoms with E-state index in [9.17, 15) is 0 Å². The van der Waals surface area contributed by atoms with Crippen LogP contribution in [0.5, 0.6) is 0 Å². The molecule has 156 valence electrons. The second-order valence-corrected chi connectivity index (χ2v) is 7.28. The molecule has 0 amide bonds. The summed E-state index contributed by atoms with van der Waals surface area (Å²) in [7, 11) is 0. The van der Waals surface area contributed by atoms with E-state index in [4.69, 9.17) is 4.98 Å². The minimum atomic E-state index is 0. The van der Waals surface area contributed by atoms with E-state index in [-0.39, 0.29) is 24.8 Å². The molecule has 2 heterocycles. The van der Waals surface area contributed by atoms with Gasteiger partial charge in [0.15, 0.2) is 0 Å². The summed E-state index contributed by atoms with van der Waals surface area (Å²) < 4.78 is 4.61. The third kappa shape index (κ3) is 4.30. The first-order chi connectivity index (χ1) is 13.1. The first kappa shape index (κ1) is 23.3. The minimum Gasteiger partial charge on any atom is -0.308 e. The highest BCUT2D eigenvalue weighted by atomic mass is 35.5. The molecule has 0 N–H and O–H groups in total. The van der Waals surface area contributed by atoms with Crippen LogP contribution in [0.25, 0.3) is 28.1 Å². The highest BCUT2D eigenvalue weighted by Gasteiger charge is 2.16. The van der Waals surface area contributed by atoms with E-state index in [0.717, 1.165) is 37.7 Å². The molecule has 2 aromatic carbocycles. The monoisotopic (exact) mass is 432 g/mol. The van der Waals surface area contributed by atoms with Crippen LogP contribution in [0, 0.1) is 13.8 Å². The maximum atomic E-state index is 5.06. The number of rotatable bonds is 6. The fraction of sp³-hybridized carbons (Fsp3) is 0.348. The smallest absolute Gasteiger partial charge is 0.215 e. The molecule has 29 heavy (non-hydrogen) atoms. The molecule has 0 bridgehead atoms. The number of benzene rings is 2. The molecule has 0 fully saturated rings. The van der Waals surface area contributed by atoms with Gasteiger partial charge in [-0.1, -0.05) is 43.7 Å². The second kappa shape index (κ2) is 9.66. The van der Waals surface area contributed by atoms with Gasteiger partial charge in [-0.05, 0) is 50.7 Å². The van der Waals surface area contributed by atoms with Gasteiger partial charge in [-0.15, -0.1) is 24.8 Å². The predicted molar refractivity (Wildman–Crippen MR) is 128 cm³/mol. The molecule has 4 aromatic rings. The fourth-order valence-electron chi connectivity index (χ4n) is 3.89. The Bertz CT molecular complexity index is 1090. The number of aromatic nitrogens is 3. The zero-order chi connectivity index (χ0) is 19.0. The van der Waals surface area contributed by atoms with Crippen molar-refractivity contribution in [1.82, 2.24) is 18.9 Å². The first-order valence-corrected chi connectivity index (χ1v) is 9.88. The normalized spacial score (nSPS) is 11.1. The second-order valence-electron chi connectivity index (χ2n) is 7.28. The average molecular weight is 433 g/mol. The summed E-state index contributed by atoms with van der Waals surface area (Å²) >= 11 is 0. The molecule has 2 aromatic heterocycles. The zero-order valence-electron chi connectivity index (χ0n) is 17.6. The summed E-state index contributed by atoms with van der Waals surface area (Å²) in [6, 6.07) is 15.2.